The number of carbonyl (C=O) groups excluding carboxylic acids is 1. The summed E-state index contributed by atoms with van der Waals surface area (Å²) in [5.74, 6) is 0.323. The van der Waals surface area contributed by atoms with Crippen molar-refractivity contribution in [1.29, 1.82) is 0 Å². The van der Waals surface area contributed by atoms with Gasteiger partial charge in [-0.1, -0.05) is 5.16 Å². The van der Waals surface area contributed by atoms with Crippen LogP contribution in [0.1, 0.15) is 41.5 Å². The number of amides is 1. The Morgan fingerprint density at radius 3 is 2.83 bits per heavy atom. The van der Waals surface area contributed by atoms with Gasteiger partial charge in [-0.2, -0.15) is 5.10 Å². The number of nitrogens with zero attached hydrogens (tertiary/aromatic N) is 4. The summed E-state index contributed by atoms with van der Waals surface area (Å²) in [6, 6.07) is 1.97. The Kier molecular flexibility index (Phi) is 4.21. The minimum absolute atomic E-state index is 0.0766. The molecule has 0 saturated carbocycles. The number of rotatable bonds is 4. The van der Waals surface area contributed by atoms with Gasteiger partial charge < -0.3 is 4.52 Å². The van der Waals surface area contributed by atoms with Gasteiger partial charge in [0.05, 0.1) is 17.9 Å². The Balaban J connectivity index is 1.70. The van der Waals surface area contributed by atoms with Crippen molar-refractivity contribution in [3.05, 3.63) is 28.7 Å². The van der Waals surface area contributed by atoms with Gasteiger partial charge in [-0.05, 0) is 40.2 Å². The van der Waals surface area contributed by atoms with Crippen molar-refractivity contribution in [1.82, 2.24) is 19.8 Å². The summed E-state index contributed by atoms with van der Waals surface area (Å²) in [5, 5.41) is 11.0. The highest BCUT2D eigenvalue weighted by atomic mass is 16.5. The van der Waals surface area contributed by atoms with E-state index < -0.39 is 0 Å². The molecule has 0 aliphatic carbocycles. The van der Waals surface area contributed by atoms with Crippen molar-refractivity contribution >= 4 is 11.8 Å². The normalized spacial score (nSPS) is 18.5. The van der Waals surface area contributed by atoms with Gasteiger partial charge in [-0.25, -0.2) is 0 Å². The SMILES string of the molecule is Cc1cc(NC(=O)CN2CCC[C@H]2c2c(C)nn(C)c2C)on1. The molecule has 0 spiro atoms. The molecule has 1 atom stereocenters. The van der Waals surface area contributed by atoms with Crippen LogP contribution in [0.4, 0.5) is 5.88 Å². The third kappa shape index (κ3) is 3.14. The van der Waals surface area contributed by atoms with Crippen molar-refractivity contribution < 1.29 is 9.32 Å². The van der Waals surface area contributed by atoms with Crippen LogP contribution in [0.3, 0.4) is 0 Å². The molecule has 1 aliphatic rings. The van der Waals surface area contributed by atoms with E-state index in [9.17, 15) is 4.79 Å². The lowest BCUT2D eigenvalue weighted by molar-refractivity contribution is -0.117. The van der Waals surface area contributed by atoms with Crippen LogP contribution in [0.2, 0.25) is 0 Å². The number of anilines is 1. The lowest BCUT2D eigenvalue weighted by atomic mass is 10.0. The van der Waals surface area contributed by atoms with Crippen LogP contribution in [0.15, 0.2) is 10.6 Å². The monoisotopic (exact) mass is 317 g/mol. The van der Waals surface area contributed by atoms with E-state index in [0.717, 1.165) is 30.8 Å². The first-order valence-corrected chi connectivity index (χ1v) is 7.93. The fourth-order valence-corrected chi connectivity index (χ4v) is 3.40. The zero-order valence-corrected chi connectivity index (χ0v) is 14.1. The average molecular weight is 317 g/mol. The third-order valence-electron chi connectivity index (χ3n) is 4.50. The Hall–Kier alpha value is -2.15. The Bertz CT molecular complexity index is 718. The average Bonchev–Trinajstić information content (AvgIpc) is 3.14. The molecule has 0 radical (unpaired) electrons. The van der Waals surface area contributed by atoms with Crippen LogP contribution in [-0.4, -0.2) is 38.8 Å². The number of aryl methyl sites for hydroxylation is 3. The molecule has 2 aromatic heterocycles. The zero-order valence-electron chi connectivity index (χ0n) is 14.1. The van der Waals surface area contributed by atoms with Gasteiger partial charge in [-0.3, -0.25) is 19.7 Å². The summed E-state index contributed by atoms with van der Waals surface area (Å²) in [6.07, 6.45) is 2.15. The largest absolute Gasteiger partial charge is 0.338 e. The second-order valence-corrected chi connectivity index (χ2v) is 6.22. The van der Waals surface area contributed by atoms with Gasteiger partial charge in [0, 0.05) is 30.4 Å². The zero-order chi connectivity index (χ0) is 16.6. The van der Waals surface area contributed by atoms with Crippen molar-refractivity contribution in [2.75, 3.05) is 18.4 Å². The first-order valence-electron chi connectivity index (χ1n) is 7.93. The standard InChI is InChI=1S/C16H23N5O2/c1-10-8-15(23-19-10)17-14(22)9-21-7-5-6-13(21)16-11(2)18-20(4)12(16)3/h8,13H,5-7,9H2,1-4H3,(H,17,22)/t13-/m0/s1. The molecule has 7 nitrogen and oxygen atoms in total. The summed E-state index contributed by atoms with van der Waals surface area (Å²) in [5.41, 5.74) is 4.23. The highest BCUT2D eigenvalue weighted by molar-refractivity contribution is 5.91. The molecular weight excluding hydrogens is 294 g/mol. The van der Waals surface area contributed by atoms with Gasteiger partial charge in [-0.15, -0.1) is 0 Å². The Morgan fingerprint density at radius 2 is 2.22 bits per heavy atom. The van der Waals surface area contributed by atoms with Crippen LogP contribution >= 0.6 is 0 Å². The van der Waals surface area contributed by atoms with Crippen LogP contribution in [0.25, 0.3) is 0 Å². The smallest absolute Gasteiger partial charge is 0.240 e. The number of aromatic nitrogens is 3. The van der Waals surface area contributed by atoms with Gasteiger partial charge in [0.15, 0.2) is 0 Å². The molecule has 3 heterocycles. The molecule has 3 rings (SSSR count). The van der Waals surface area contributed by atoms with Crippen molar-refractivity contribution in [2.45, 2.75) is 39.7 Å². The second kappa shape index (κ2) is 6.16. The predicted molar refractivity (Wildman–Crippen MR) is 86.1 cm³/mol. The predicted octanol–water partition coefficient (Wildman–Crippen LogP) is 2.11. The molecule has 0 bridgehead atoms. The molecule has 1 fully saturated rings. The molecule has 2 aromatic rings. The molecule has 0 unspecified atom stereocenters. The van der Waals surface area contributed by atoms with Crippen molar-refractivity contribution in [2.24, 2.45) is 7.05 Å². The van der Waals surface area contributed by atoms with Crippen LogP contribution in [-0.2, 0) is 11.8 Å². The quantitative estimate of drug-likeness (QED) is 0.934. The fourth-order valence-electron chi connectivity index (χ4n) is 3.40. The number of nitrogens with one attached hydrogen (secondary N) is 1. The highest BCUT2D eigenvalue weighted by Crippen LogP contribution is 2.35. The molecule has 1 saturated heterocycles. The molecule has 124 valence electrons. The van der Waals surface area contributed by atoms with E-state index in [1.54, 1.807) is 6.07 Å². The van der Waals surface area contributed by atoms with E-state index in [2.05, 4.69) is 27.4 Å². The summed E-state index contributed by atoms with van der Waals surface area (Å²) < 4.78 is 6.95. The maximum Gasteiger partial charge on any atom is 0.240 e. The van der Waals surface area contributed by atoms with E-state index in [-0.39, 0.29) is 11.9 Å². The van der Waals surface area contributed by atoms with Gasteiger partial charge in [0.25, 0.3) is 0 Å². The molecule has 1 amide bonds. The lowest BCUT2D eigenvalue weighted by Gasteiger charge is -2.24. The minimum Gasteiger partial charge on any atom is -0.338 e. The fraction of sp³-hybridized carbons (Fsp3) is 0.562. The summed E-state index contributed by atoms with van der Waals surface area (Å²) in [7, 11) is 1.96. The lowest BCUT2D eigenvalue weighted by Crippen LogP contribution is -2.33. The highest BCUT2D eigenvalue weighted by Gasteiger charge is 2.31. The van der Waals surface area contributed by atoms with Gasteiger partial charge in [0.1, 0.15) is 0 Å². The number of likely N-dealkylation sites (tertiary alicyclic amines) is 1. The van der Waals surface area contributed by atoms with Crippen molar-refractivity contribution in [3.63, 3.8) is 0 Å². The van der Waals surface area contributed by atoms with E-state index in [4.69, 9.17) is 4.52 Å². The summed E-state index contributed by atoms with van der Waals surface area (Å²) in [4.78, 5) is 14.5. The topological polar surface area (TPSA) is 76.2 Å². The first kappa shape index (κ1) is 15.7. The van der Waals surface area contributed by atoms with E-state index in [1.165, 1.54) is 11.3 Å². The van der Waals surface area contributed by atoms with E-state index in [1.807, 2.05) is 25.6 Å². The minimum atomic E-state index is -0.0766. The van der Waals surface area contributed by atoms with Crippen LogP contribution in [0.5, 0.6) is 0 Å². The Morgan fingerprint density at radius 1 is 1.43 bits per heavy atom. The number of carbonyl (C=O) groups is 1. The second-order valence-electron chi connectivity index (χ2n) is 6.22. The number of hydrogen-bond donors (Lipinski definition) is 1. The van der Waals surface area contributed by atoms with Crippen molar-refractivity contribution in [3.8, 4) is 0 Å². The van der Waals surface area contributed by atoms with E-state index in [0.29, 0.717) is 12.4 Å². The molecule has 7 heteroatoms. The third-order valence-corrected chi connectivity index (χ3v) is 4.50. The van der Waals surface area contributed by atoms with Gasteiger partial charge in [0.2, 0.25) is 11.8 Å². The Labute approximate surface area is 135 Å². The molecule has 0 aromatic carbocycles. The first-order chi connectivity index (χ1) is 11.0. The van der Waals surface area contributed by atoms with Crippen LogP contribution in [0, 0.1) is 20.8 Å². The summed E-state index contributed by atoms with van der Waals surface area (Å²) >= 11 is 0. The molecule has 23 heavy (non-hydrogen) atoms. The van der Waals surface area contributed by atoms with Crippen LogP contribution < -0.4 is 5.32 Å². The molecular formula is C16H23N5O2. The number of hydrogen-bond acceptors (Lipinski definition) is 5. The van der Waals surface area contributed by atoms with E-state index >= 15 is 0 Å². The summed E-state index contributed by atoms with van der Waals surface area (Å²) in [6.45, 7) is 7.21. The maximum absolute atomic E-state index is 12.3. The maximum atomic E-state index is 12.3. The van der Waals surface area contributed by atoms with Gasteiger partial charge >= 0.3 is 0 Å². The molecule has 1 aliphatic heterocycles. The molecule has 1 N–H and O–H groups in total.